The van der Waals surface area contributed by atoms with E-state index in [4.69, 9.17) is 5.73 Å². The van der Waals surface area contributed by atoms with E-state index in [0.717, 1.165) is 19.3 Å². The Balaban J connectivity index is 2.01. The largest absolute Gasteiger partial charge is 0.325 e. The minimum Gasteiger partial charge on any atom is -0.325 e. The predicted molar refractivity (Wildman–Crippen MR) is 74.1 cm³/mol. The summed E-state index contributed by atoms with van der Waals surface area (Å²) in [5, 5.41) is 0. The monoisotopic (exact) mass is 231 g/mol. The maximum absolute atomic E-state index is 6.55. The molecule has 1 fully saturated rings. The first-order chi connectivity index (χ1) is 7.89. The second-order valence-electron chi connectivity index (χ2n) is 6.69. The molecule has 0 aromatic heterocycles. The fourth-order valence-electron chi connectivity index (χ4n) is 2.71. The maximum Gasteiger partial charge on any atom is 0.0195 e. The zero-order valence-electron chi connectivity index (χ0n) is 11.4. The van der Waals surface area contributed by atoms with Gasteiger partial charge in [-0.3, -0.25) is 0 Å². The minimum atomic E-state index is 0.0325. The van der Waals surface area contributed by atoms with Gasteiger partial charge in [0.15, 0.2) is 0 Å². The van der Waals surface area contributed by atoms with Crippen molar-refractivity contribution in [1.82, 2.24) is 0 Å². The Morgan fingerprint density at radius 2 is 1.53 bits per heavy atom. The first-order valence-electron chi connectivity index (χ1n) is 6.73. The lowest BCUT2D eigenvalue weighted by molar-refractivity contribution is 0.164. The van der Waals surface area contributed by atoms with Crippen molar-refractivity contribution in [2.24, 2.45) is 11.1 Å². The van der Waals surface area contributed by atoms with Crippen LogP contribution in [-0.2, 0) is 6.42 Å². The molecule has 1 saturated carbocycles. The third-order valence-electron chi connectivity index (χ3n) is 4.28. The lowest BCUT2D eigenvalue weighted by Crippen LogP contribution is -2.46. The fraction of sp³-hybridized carbons (Fsp3) is 0.625. The highest BCUT2D eigenvalue weighted by atomic mass is 14.7. The van der Waals surface area contributed by atoms with E-state index in [2.05, 4.69) is 45.0 Å². The van der Waals surface area contributed by atoms with Gasteiger partial charge in [-0.2, -0.15) is 0 Å². The van der Waals surface area contributed by atoms with Gasteiger partial charge in [-0.25, -0.2) is 0 Å². The summed E-state index contributed by atoms with van der Waals surface area (Å²) < 4.78 is 0. The van der Waals surface area contributed by atoms with Gasteiger partial charge in [0.05, 0.1) is 0 Å². The van der Waals surface area contributed by atoms with Gasteiger partial charge in [-0.1, -0.05) is 43.7 Å². The SMILES string of the molecule is Cc1ccc(CC2(N)CCC(C)(C)CC2)cc1. The van der Waals surface area contributed by atoms with Gasteiger partial charge in [0.25, 0.3) is 0 Å². The van der Waals surface area contributed by atoms with Crippen LogP contribution in [0, 0.1) is 12.3 Å². The predicted octanol–water partition coefficient (Wildman–Crippen LogP) is 3.84. The highest BCUT2D eigenvalue weighted by Gasteiger charge is 2.35. The van der Waals surface area contributed by atoms with Crippen molar-refractivity contribution in [2.45, 2.75) is 58.4 Å². The van der Waals surface area contributed by atoms with E-state index in [1.807, 2.05) is 0 Å². The molecule has 1 nitrogen and oxygen atoms in total. The van der Waals surface area contributed by atoms with E-state index in [-0.39, 0.29) is 5.54 Å². The van der Waals surface area contributed by atoms with Crippen molar-refractivity contribution in [3.8, 4) is 0 Å². The summed E-state index contributed by atoms with van der Waals surface area (Å²) in [4.78, 5) is 0. The Morgan fingerprint density at radius 1 is 1.00 bits per heavy atom. The summed E-state index contributed by atoms with van der Waals surface area (Å²) in [5.41, 5.74) is 9.79. The Labute approximate surface area is 105 Å². The topological polar surface area (TPSA) is 26.0 Å². The van der Waals surface area contributed by atoms with E-state index in [1.165, 1.54) is 24.0 Å². The molecule has 2 N–H and O–H groups in total. The second-order valence-corrected chi connectivity index (χ2v) is 6.69. The second kappa shape index (κ2) is 4.45. The summed E-state index contributed by atoms with van der Waals surface area (Å²) in [6.45, 7) is 6.85. The number of benzene rings is 1. The third-order valence-corrected chi connectivity index (χ3v) is 4.28. The Bertz CT molecular complexity index is 365. The standard InChI is InChI=1S/C16H25N/c1-13-4-6-14(7-5-13)12-16(17)10-8-15(2,3)9-11-16/h4-7H,8-12,17H2,1-3H3. The summed E-state index contributed by atoms with van der Waals surface area (Å²) in [5.74, 6) is 0. The summed E-state index contributed by atoms with van der Waals surface area (Å²) >= 11 is 0. The molecule has 1 heteroatoms. The van der Waals surface area contributed by atoms with Crippen molar-refractivity contribution in [3.05, 3.63) is 35.4 Å². The van der Waals surface area contributed by atoms with Crippen molar-refractivity contribution in [1.29, 1.82) is 0 Å². The van der Waals surface area contributed by atoms with E-state index in [1.54, 1.807) is 0 Å². The van der Waals surface area contributed by atoms with Gasteiger partial charge < -0.3 is 5.73 Å². The molecule has 0 amide bonds. The molecule has 1 aliphatic rings. The van der Waals surface area contributed by atoms with Crippen LogP contribution >= 0.6 is 0 Å². The van der Waals surface area contributed by atoms with Gasteiger partial charge in [-0.15, -0.1) is 0 Å². The molecule has 1 aliphatic carbocycles. The van der Waals surface area contributed by atoms with Crippen molar-refractivity contribution in [2.75, 3.05) is 0 Å². The zero-order valence-corrected chi connectivity index (χ0v) is 11.4. The van der Waals surface area contributed by atoms with Crippen LogP contribution in [0.15, 0.2) is 24.3 Å². The molecule has 0 bridgehead atoms. The molecule has 94 valence electrons. The van der Waals surface area contributed by atoms with Gasteiger partial charge in [0.1, 0.15) is 0 Å². The molecule has 2 rings (SSSR count). The average Bonchev–Trinajstić information content (AvgIpc) is 2.27. The van der Waals surface area contributed by atoms with Gasteiger partial charge in [-0.05, 0) is 50.0 Å². The molecule has 0 saturated heterocycles. The molecular weight excluding hydrogens is 206 g/mol. The number of rotatable bonds is 2. The minimum absolute atomic E-state index is 0.0325. The highest BCUT2D eigenvalue weighted by Crippen LogP contribution is 2.40. The third kappa shape index (κ3) is 3.32. The Morgan fingerprint density at radius 3 is 2.06 bits per heavy atom. The maximum atomic E-state index is 6.55. The van der Waals surface area contributed by atoms with Crippen LogP contribution in [0.3, 0.4) is 0 Å². The molecule has 0 atom stereocenters. The molecule has 0 aliphatic heterocycles. The van der Waals surface area contributed by atoms with E-state index in [9.17, 15) is 0 Å². The molecule has 0 spiro atoms. The summed E-state index contributed by atoms with van der Waals surface area (Å²) in [7, 11) is 0. The van der Waals surface area contributed by atoms with E-state index >= 15 is 0 Å². The number of nitrogens with two attached hydrogens (primary N) is 1. The number of aryl methyl sites for hydroxylation is 1. The molecule has 1 aromatic rings. The first-order valence-corrected chi connectivity index (χ1v) is 6.73. The normalized spacial score (nSPS) is 22.4. The first kappa shape index (κ1) is 12.6. The van der Waals surface area contributed by atoms with Crippen molar-refractivity contribution in [3.63, 3.8) is 0 Å². The zero-order chi connectivity index (χ0) is 12.5. The number of hydrogen-bond acceptors (Lipinski definition) is 1. The average molecular weight is 231 g/mol. The Hall–Kier alpha value is -0.820. The van der Waals surface area contributed by atoms with Crippen LogP contribution in [-0.4, -0.2) is 5.54 Å². The van der Waals surface area contributed by atoms with E-state index in [0.29, 0.717) is 5.41 Å². The van der Waals surface area contributed by atoms with Crippen molar-refractivity contribution < 1.29 is 0 Å². The highest BCUT2D eigenvalue weighted by molar-refractivity contribution is 5.23. The smallest absolute Gasteiger partial charge is 0.0195 e. The van der Waals surface area contributed by atoms with Crippen molar-refractivity contribution >= 4 is 0 Å². The van der Waals surface area contributed by atoms with Crippen LogP contribution in [0.2, 0.25) is 0 Å². The molecule has 0 unspecified atom stereocenters. The van der Waals surface area contributed by atoms with Crippen LogP contribution < -0.4 is 5.73 Å². The lowest BCUT2D eigenvalue weighted by atomic mass is 9.68. The van der Waals surface area contributed by atoms with Gasteiger partial charge >= 0.3 is 0 Å². The van der Waals surface area contributed by atoms with Crippen LogP contribution in [0.4, 0.5) is 0 Å². The molecule has 0 heterocycles. The van der Waals surface area contributed by atoms with Gasteiger partial charge in [0, 0.05) is 5.54 Å². The molecular formula is C16H25N. The van der Waals surface area contributed by atoms with Gasteiger partial charge in [0.2, 0.25) is 0 Å². The molecule has 1 aromatic carbocycles. The summed E-state index contributed by atoms with van der Waals surface area (Å²) in [6.07, 6.45) is 5.87. The van der Waals surface area contributed by atoms with E-state index < -0.39 is 0 Å². The summed E-state index contributed by atoms with van der Waals surface area (Å²) in [6, 6.07) is 8.82. The molecule has 0 radical (unpaired) electrons. The lowest BCUT2D eigenvalue weighted by Gasteiger charge is -2.41. The molecule has 17 heavy (non-hydrogen) atoms. The van der Waals surface area contributed by atoms with Crippen LogP contribution in [0.5, 0.6) is 0 Å². The van der Waals surface area contributed by atoms with Crippen LogP contribution in [0.1, 0.15) is 50.7 Å². The number of hydrogen-bond donors (Lipinski definition) is 1. The fourth-order valence-corrected chi connectivity index (χ4v) is 2.71. The quantitative estimate of drug-likeness (QED) is 0.822. The van der Waals surface area contributed by atoms with Crippen LogP contribution in [0.25, 0.3) is 0 Å². The Kier molecular flexibility index (Phi) is 3.31.